The predicted molar refractivity (Wildman–Crippen MR) is 81.7 cm³/mol. The molecule has 3 nitrogen and oxygen atoms in total. The second-order valence-corrected chi connectivity index (χ2v) is 6.43. The molecule has 2 unspecified atom stereocenters. The van der Waals surface area contributed by atoms with Crippen LogP contribution in [0.1, 0.15) is 36.5 Å². The number of thiazole rings is 1. The largest absolute Gasteiger partial charge is 0.301 e. The fraction of sp³-hybridized carbons (Fsp3) is 0.286. The molecular weight excluding hydrogens is 274 g/mol. The molecule has 0 fully saturated rings. The summed E-state index contributed by atoms with van der Waals surface area (Å²) in [6.07, 6.45) is 3.81. The monoisotopic (exact) mass is 289 g/mol. The maximum Gasteiger partial charge on any atom is 0.109 e. The van der Waals surface area contributed by atoms with Crippen molar-refractivity contribution in [3.63, 3.8) is 0 Å². The van der Waals surface area contributed by atoms with Crippen LogP contribution >= 0.6 is 22.7 Å². The molecule has 2 atom stereocenters. The molecule has 0 saturated carbocycles. The van der Waals surface area contributed by atoms with E-state index in [-0.39, 0.29) is 12.1 Å². The Morgan fingerprint density at radius 1 is 1.11 bits per heavy atom. The Labute approximate surface area is 120 Å². The standard InChI is InChI=1S/C14H15N3S2/c1-9(17-10(2)14-15-4-6-19-14)11-7-13-12(16-8-11)3-5-18-13/h3-10,17H,1-2H3. The molecule has 1 N–H and O–H groups in total. The molecule has 0 aliphatic rings. The minimum Gasteiger partial charge on any atom is -0.301 e. The van der Waals surface area contributed by atoms with Crippen molar-refractivity contribution in [1.29, 1.82) is 0 Å². The van der Waals surface area contributed by atoms with Gasteiger partial charge in [-0.1, -0.05) is 0 Å². The SMILES string of the molecule is CC(NC(C)c1nccs1)c1cnc2ccsc2c1. The smallest absolute Gasteiger partial charge is 0.109 e. The first-order chi connectivity index (χ1) is 9.24. The molecule has 3 aromatic rings. The van der Waals surface area contributed by atoms with Crippen molar-refractivity contribution >= 4 is 32.9 Å². The Morgan fingerprint density at radius 3 is 2.79 bits per heavy atom. The molecule has 0 aliphatic heterocycles. The van der Waals surface area contributed by atoms with Crippen LogP contribution in [-0.4, -0.2) is 9.97 Å². The average molecular weight is 289 g/mol. The number of fused-ring (bicyclic) bond motifs is 1. The van der Waals surface area contributed by atoms with Crippen LogP contribution in [0.15, 0.2) is 35.3 Å². The van der Waals surface area contributed by atoms with Gasteiger partial charge < -0.3 is 5.32 Å². The third-order valence-electron chi connectivity index (χ3n) is 3.15. The zero-order chi connectivity index (χ0) is 13.2. The molecule has 0 aromatic carbocycles. The van der Waals surface area contributed by atoms with E-state index < -0.39 is 0 Å². The van der Waals surface area contributed by atoms with Gasteiger partial charge in [-0.2, -0.15) is 0 Å². The van der Waals surface area contributed by atoms with E-state index >= 15 is 0 Å². The fourth-order valence-electron chi connectivity index (χ4n) is 2.09. The molecule has 3 rings (SSSR count). The highest BCUT2D eigenvalue weighted by molar-refractivity contribution is 7.17. The first kappa shape index (κ1) is 12.7. The van der Waals surface area contributed by atoms with Crippen molar-refractivity contribution in [1.82, 2.24) is 15.3 Å². The Kier molecular flexibility index (Phi) is 3.59. The molecule has 98 valence electrons. The summed E-state index contributed by atoms with van der Waals surface area (Å²) in [4.78, 5) is 8.84. The summed E-state index contributed by atoms with van der Waals surface area (Å²) < 4.78 is 1.24. The minimum absolute atomic E-state index is 0.258. The third-order valence-corrected chi connectivity index (χ3v) is 4.96. The van der Waals surface area contributed by atoms with Gasteiger partial charge in [0.1, 0.15) is 5.01 Å². The summed E-state index contributed by atoms with van der Waals surface area (Å²) in [7, 11) is 0. The van der Waals surface area contributed by atoms with Gasteiger partial charge in [0.15, 0.2) is 0 Å². The Hall–Kier alpha value is -1.30. The molecule has 3 aromatic heterocycles. The van der Waals surface area contributed by atoms with Crippen LogP contribution in [0.2, 0.25) is 0 Å². The number of thiophene rings is 1. The number of rotatable bonds is 4. The van der Waals surface area contributed by atoms with E-state index in [9.17, 15) is 0 Å². The van der Waals surface area contributed by atoms with Gasteiger partial charge in [-0.05, 0) is 36.9 Å². The van der Waals surface area contributed by atoms with Gasteiger partial charge in [-0.3, -0.25) is 4.98 Å². The number of nitrogens with zero attached hydrogens (tertiary/aromatic N) is 2. The molecule has 5 heteroatoms. The lowest BCUT2D eigenvalue weighted by Crippen LogP contribution is -2.22. The number of pyridine rings is 1. The summed E-state index contributed by atoms with van der Waals surface area (Å²) >= 11 is 3.42. The third kappa shape index (κ3) is 2.68. The van der Waals surface area contributed by atoms with Gasteiger partial charge in [0, 0.05) is 23.8 Å². The molecular formula is C14H15N3S2. The number of aromatic nitrogens is 2. The first-order valence-electron chi connectivity index (χ1n) is 6.22. The van der Waals surface area contributed by atoms with E-state index in [1.165, 1.54) is 10.3 Å². The summed E-state index contributed by atoms with van der Waals surface area (Å²) in [6, 6.07) is 4.80. The Bertz CT molecular complexity index is 660. The lowest BCUT2D eigenvalue weighted by molar-refractivity contribution is 0.492. The van der Waals surface area contributed by atoms with Gasteiger partial charge in [-0.25, -0.2) is 4.98 Å². The molecule has 3 heterocycles. The Morgan fingerprint density at radius 2 is 2.00 bits per heavy atom. The lowest BCUT2D eigenvalue weighted by Gasteiger charge is -2.18. The van der Waals surface area contributed by atoms with Crippen LogP contribution in [0.4, 0.5) is 0 Å². The highest BCUT2D eigenvalue weighted by atomic mass is 32.1. The van der Waals surface area contributed by atoms with Crippen molar-refractivity contribution < 1.29 is 0 Å². The van der Waals surface area contributed by atoms with Crippen molar-refractivity contribution in [2.75, 3.05) is 0 Å². The quantitative estimate of drug-likeness (QED) is 0.783. The molecule has 0 radical (unpaired) electrons. The van der Waals surface area contributed by atoms with Crippen LogP contribution in [0.25, 0.3) is 10.2 Å². The van der Waals surface area contributed by atoms with E-state index in [1.807, 2.05) is 17.8 Å². The van der Waals surface area contributed by atoms with Crippen LogP contribution in [0, 0.1) is 0 Å². The van der Waals surface area contributed by atoms with Crippen molar-refractivity contribution in [2.45, 2.75) is 25.9 Å². The van der Waals surface area contributed by atoms with Crippen LogP contribution in [0.3, 0.4) is 0 Å². The molecule has 0 saturated heterocycles. The van der Waals surface area contributed by atoms with Crippen molar-refractivity contribution in [3.05, 3.63) is 45.9 Å². The summed E-state index contributed by atoms with van der Waals surface area (Å²) in [5, 5.41) is 8.78. The van der Waals surface area contributed by atoms with Gasteiger partial charge in [0.2, 0.25) is 0 Å². The predicted octanol–water partition coefficient (Wildman–Crippen LogP) is 4.16. The molecule has 0 spiro atoms. The van der Waals surface area contributed by atoms with Crippen LogP contribution < -0.4 is 5.32 Å². The fourth-order valence-corrected chi connectivity index (χ4v) is 3.53. The summed E-state index contributed by atoms with van der Waals surface area (Å²) in [5.41, 5.74) is 2.30. The summed E-state index contributed by atoms with van der Waals surface area (Å²) in [5.74, 6) is 0. The van der Waals surface area contributed by atoms with Gasteiger partial charge >= 0.3 is 0 Å². The second kappa shape index (κ2) is 5.36. The van der Waals surface area contributed by atoms with Gasteiger partial charge in [0.25, 0.3) is 0 Å². The van der Waals surface area contributed by atoms with E-state index in [4.69, 9.17) is 0 Å². The van der Waals surface area contributed by atoms with E-state index in [0.717, 1.165) is 10.5 Å². The van der Waals surface area contributed by atoms with Gasteiger partial charge in [0.05, 0.1) is 16.3 Å². The Balaban J connectivity index is 1.77. The van der Waals surface area contributed by atoms with Crippen molar-refractivity contribution in [2.24, 2.45) is 0 Å². The summed E-state index contributed by atoms with van der Waals surface area (Å²) in [6.45, 7) is 4.31. The molecule has 0 amide bonds. The molecule has 0 bridgehead atoms. The van der Waals surface area contributed by atoms with Crippen LogP contribution in [0.5, 0.6) is 0 Å². The minimum atomic E-state index is 0.258. The van der Waals surface area contributed by atoms with Gasteiger partial charge in [-0.15, -0.1) is 22.7 Å². The van der Waals surface area contributed by atoms with Crippen molar-refractivity contribution in [3.8, 4) is 0 Å². The zero-order valence-corrected chi connectivity index (χ0v) is 12.5. The van der Waals surface area contributed by atoms with E-state index in [0.29, 0.717) is 0 Å². The normalized spacial score (nSPS) is 14.6. The maximum atomic E-state index is 4.49. The zero-order valence-electron chi connectivity index (χ0n) is 10.8. The highest BCUT2D eigenvalue weighted by Gasteiger charge is 2.13. The molecule has 19 heavy (non-hydrogen) atoms. The van der Waals surface area contributed by atoms with E-state index in [1.54, 1.807) is 22.7 Å². The first-order valence-corrected chi connectivity index (χ1v) is 7.98. The van der Waals surface area contributed by atoms with Crippen LogP contribution in [-0.2, 0) is 0 Å². The average Bonchev–Trinajstić information content (AvgIpc) is 3.09. The number of hydrogen-bond donors (Lipinski definition) is 1. The molecule has 0 aliphatic carbocycles. The lowest BCUT2D eigenvalue weighted by atomic mass is 10.1. The highest BCUT2D eigenvalue weighted by Crippen LogP contribution is 2.25. The maximum absolute atomic E-state index is 4.49. The second-order valence-electron chi connectivity index (χ2n) is 4.55. The number of nitrogens with one attached hydrogen (secondary N) is 1. The van der Waals surface area contributed by atoms with E-state index in [2.05, 4.69) is 46.6 Å². The number of hydrogen-bond acceptors (Lipinski definition) is 5. The topological polar surface area (TPSA) is 37.8 Å².